The van der Waals surface area contributed by atoms with Gasteiger partial charge in [-0.2, -0.15) is 0 Å². The molecule has 0 amide bonds. The summed E-state index contributed by atoms with van der Waals surface area (Å²) in [7, 11) is 4.00. The molecule has 0 aromatic carbocycles. The van der Waals surface area contributed by atoms with Crippen molar-refractivity contribution in [1.82, 2.24) is 4.90 Å². The van der Waals surface area contributed by atoms with Crippen LogP contribution in [0.5, 0.6) is 0 Å². The number of likely N-dealkylation sites (N-methyl/N-ethyl adjacent to an activating group) is 1. The molecule has 3 N–H and O–H groups in total. The first kappa shape index (κ1) is 23.7. The molecule has 0 aliphatic heterocycles. The van der Waals surface area contributed by atoms with Gasteiger partial charge in [0.2, 0.25) is 0 Å². The third-order valence-electron chi connectivity index (χ3n) is 3.73. The average molecular weight is 351 g/mol. The Balaban J connectivity index is 4.05. The standard InChI is InChI=1S/C17H37NO6/c1-18(2)8-14-24-13-7-17(21,5-3-11-22-15-9-19)6-4-12-23-16-10-20/h19-21H,3-16H2,1-2H3. The molecule has 146 valence electrons. The molecule has 0 spiro atoms. The highest BCUT2D eigenvalue weighted by atomic mass is 16.5. The molecule has 0 aliphatic rings. The monoisotopic (exact) mass is 351 g/mol. The van der Waals surface area contributed by atoms with Crippen LogP contribution in [-0.2, 0) is 14.2 Å². The zero-order valence-electron chi connectivity index (χ0n) is 15.4. The van der Waals surface area contributed by atoms with Gasteiger partial charge in [-0.15, -0.1) is 0 Å². The number of nitrogens with zero attached hydrogens (tertiary/aromatic N) is 1. The lowest BCUT2D eigenvalue weighted by molar-refractivity contribution is -0.0288. The van der Waals surface area contributed by atoms with Gasteiger partial charge in [0.1, 0.15) is 0 Å². The van der Waals surface area contributed by atoms with Crippen LogP contribution in [0.1, 0.15) is 32.1 Å². The van der Waals surface area contributed by atoms with Crippen molar-refractivity contribution < 1.29 is 29.5 Å². The van der Waals surface area contributed by atoms with Crippen molar-refractivity contribution in [2.75, 3.05) is 73.5 Å². The molecule has 24 heavy (non-hydrogen) atoms. The van der Waals surface area contributed by atoms with E-state index < -0.39 is 5.60 Å². The van der Waals surface area contributed by atoms with Crippen LogP contribution in [0.15, 0.2) is 0 Å². The highest BCUT2D eigenvalue weighted by molar-refractivity contribution is 4.78. The van der Waals surface area contributed by atoms with Gasteiger partial charge < -0.3 is 34.4 Å². The average Bonchev–Trinajstić information content (AvgIpc) is 2.54. The lowest BCUT2D eigenvalue weighted by Gasteiger charge is -2.28. The highest BCUT2D eigenvalue weighted by Gasteiger charge is 2.25. The van der Waals surface area contributed by atoms with Crippen LogP contribution in [-0.4, -0.2) is 99.3 Å². The van der Waals surface area contributed by atoms with E-state index in [4.69, 9.17) is 24.4 Å². The highest BCUT2D eigenvalue weighted by Crippen LogP contribution is 2.24. The molecule has 0 rings (SSSR count). The number of aliphatic hydroxyl groups excluding tert-OH is 2. The molecule has 0 heterocycles. The number of ether oxygens (including phenoxy) is 3. The minimum Gasteiger partial charge on any atom is -0.394 e. The fraction of sp³-hybridized carbons (Fsp3) is 1.00. The molecular formula is C17H37NO6. The number of aliphatic hydroxyl groups is 3. The van der Waals surface area contributed by atoms with Crippen molar-refractivity contribution in [3.05, 3.63) is 0 Å². The van der Waals surface area contributed by atoms with Gasteiger partial charge in [0, 0.05) is 26.4 Å². The maximum Gasteiger partial charge on any atom is 0.0697 e. The van der Waals surface area contributed by atoms with E-state index in [9.17, 15) is 5.11 Å². The van der Waals surface area contributed by atoms with E-state index in [1.807, 2.05) is 14.1 Å². The third kappa shape index (κ3) is 15.3. The SMILES string of the molecule is CN(C)CCOCCC(O)(CCCOCCO)CCCOCCO. The molecule has 0 aromatic heterocycles. The molecule has 0 bridgehead atoms. The summed E-state index contributed by atoms with van der Waals surface area (Å²) in [6.45, 7) is 3.82. The second-order valence-electron chi connectivity index (χ2n) is 6.27. The van der Waals surface area contributed by atoms with E-state index in [0.717, 1.165) is 19.4 Å². The second-order valence-corrected chi connectivity index (χ2v) is 6.27. The Bertz CT molecular complexity index is 251. The van der Waals surface area contributed by atoms with Crippen molar-refractivity contribution >= 4 is 0 Å². The summed E-state index contributed by atoms with van der Waals surface area (Å²) in [5.41, 5.74) is -0.788. The molecular weight excluding hydrogens is 314 g/mol. The summed E-state index contributed by atoms with van der Waals surface area (Å²) < 4.78 is 16.1. The van der Waals surface area contributed by atoms with Gasteiger partial charge in [-0.3, -0.25) is 0 Å². The lowest BCUT2D eigenvalue weighted by atomic mass is 9.89. The van der Waals surface area contributed by atoms with Crippen LogP contribution in [0.4, 0.5) is 0 Å². The van der Waals surface area contributed by atoms with Gasteiger partial charge >= 0.3 is 0 Å². The predicted octanol–water partition coefficient (Wildman–Crippen LogP) is 0.264. The molecule has 0 aliphatic carbocycles. The first-order chi connectivity index (χ1) is 11.5. The number of hydrogen-bond donors (Lipinski definition) is 3. The topological polar surface area (TPSA) is 91.6 Å². The second kappa shape index (κ2) is 16.2. The van der Waals surface area contributed by atoms with Crippen LogP contribution in [0.2, 0.25) is 0 Å². The van der Waals surface area contributed by atoms with Crippen molar-refractivity contribution in [2.45, 2.75) is 37.7 Å². The van der Waals surface area contributed by atoms with Crippen molar-refractivity contribution in [1.29, 1.82) is 0 Å². The summed E-state index contributed by atoms with van der Waals surface area (Å²) in [6, 6.07) is 0. The fourth-order valence-electron chi connectivity index (χ4n) is 2.33. The number of hydrogen-bond acceptors (Lipinski definition) is 7. The minimum atomic E-state index is -0.788. The Morgan fingerprint density at radius 3 is 1.67 bits per heavy atom. The van der Waals surface area contributed by atoms with Crippen molar-refractivity contribution in [3.8, 4) is 0 Å². The van der Waals surface area contributed by atoms with E-state index in [2.05, 4.69) is 4.90 Å². The van der Waals surface area contributed by atoms with E-state index in [1.54, 1.807) is 0 Å². The van der Waals surface area contributed by atoms with Crippen LogP contribution in [0, 0.1) is 0 Å². The molecule has 0 unspecified atom stereocenters. The van der Waals surface area contributed by atoms with E-state index in [-0.39, 0.29) is 13.2 Å². The van der Waals surface area contributed by atoms with Gasteiger partial charge in [-0.05, 0) is 46.2 Å². The minimum absolute atomic E-state index is 0.0200. The van der Waals surface area contributed by atoms with Crippen LogP contribution in [0.3, 0.4) is 0 Å². The summed E-state index contributed by atoms with van der Waals surface area (Å²) >= 11 is 0. The van der Waals surface area contributed by atoms with Crippen LogP contribution < -0.4 is 0 Å². The van der Waals surface area contributed by atoms with E-state index in [0.29, 0.717) is 58.9 Å². The van der Waals surface area contributed by atoms with Crippen LogP contribution >= 0.6 is 0 Å². The van der Waals surface area contributed by atoms with Gasteiger partial charge in [-0.1, -0.05) is 0 Å². The zero-order valence-corrected chi connectivity index (χ0v) is 15.4. The summed E-state index contributed by atoms with van der Waals surface area (Å²) in [5.74, 6) is 0. The van der Waals surface area contributed by atoms with Gasteiger partial charge in [-0.25, -0.2) is 0 Å². The molecule has 0 saturated carbocycles. The number of rotatable bonds is 18. The Morgan fingerprint density at radius 2 is 1.21 bits per heavy atom. The Labute approximate surface area is 146 Å². The first-order valence-electron chi connectivity index (χ1n) is 8.86. The maximum absolute atomic E-state index is 10.8. The fourth-order valence-corrected chi connectivity index (χ4v) is 2.33. The molecule has 0 radical (unpaired) electrons. The summed E-state index contributed by atoms with van der Waals surface area (Å²) in [6.07, 6.45) is 3.34. The van der Waals surface area contributed by atoms with Gasteiger partial charge in [0.15, 0.2) is 0 Å². The molecule has 0 atom stereocenters. The Morgan fingerprint density at radius 1 is 0.708 bits per heavy atom. The van der Waals surface area contributed by atoms with Gasteiger partial charge in [0.25, 0.3) is 0 Å². The van der Waals surface area contributed by atoms with Crippen LogP contribution in [0.25, 0.3) is 0 Å². The lowest BCUT2D eigenvalue weighted by Crippen LogP contribution is -2.32. The molecule has 0 saturated heterocycles. The Hall–Kier alpha value is -0.280. The normalized spacial score (nSPS) is 12.2. The Kier molecular flexibility index (Phi) is 16.0. The van der Waals surface area contributed by atoms with E-state index in [1.165, 1.54) is 0 Å². The third-order valence-corrected chi connectivity index (χ3v) is 3.73. The smallest absolute Gasteiger partial charge is 0.0697 e. The zero-order chi connectivity index (χ0) is 18.1. The predicted molar refractivity (Wildman–Crippen MR) is 93.2 cm³/mol. The largest absolute Gasteiger partial charge is 0.394 e. The summed E-state index contributed by atoms with van der Waals surface area (Å²) in [5, 5.41) is 28.2. The first-order valence-corrected chi connectivity index (χ1v) is 8.86. The van der Waals surface area contributed by atoms with Gasteiger partial charge in [0.05, 0.1) is 38.6 Å². The maximum atomic E-state index is 10.8. The molecule has 0 aromatic rings. The molecule has 7 nitrogen and oxygen atoms in total. The quantitative estimate of drug-likeness (QED) is 0.305. The summed E-state index contributed by atoms with van der Waals surface area (Å²) in [4.78, 5) is 2.06. The molecule has 7 heteroatoms. The van der Waals surface area contributed by atoms with Crippen molar-refractivity contribution in [2.24, 2.45) is 0 Å². The van der Waals surface area contributed by atoms with Crippen molar-refractivity contribution in [3.63, 3.8) is 0 Å². The van der Waals surface area contributed by atoms with E-state index >= 15 is 0 Å². The molecule has 0 fully saturated rings.